The van der Waals surface area contributed by atoms with Crippen molar-refractivity contribution >= 4 is 35.0 Å². The van der Waals surface area contributed by atoms with E-state index in [4.69, 9.17) is 0 Å². The van der Waals surface area contributed by atoms with E-state index in [2.05, 4.69) is 5.32 Å². The minimum absolute atomic E-state index is 0.0468. The number of hydrogen-bond acceptors (Lipinski definition) is 4. The number of imide groups is 1. The maximum absolute atomic E-state index is 12.5. The van der Waals surface area contributed by atoms with E-state index in [1.807, 2.05) is 13.8 Å². The molecule has 0 radical (unpaired) electrons. The van der Waals surface area contributed by atoms with Gasteiger partial charge in [-0.1, -0.05) is 0 Å². The summed E-state index contributed by atoms with van der Waals surface area (Å²) in [7, 11) is 0. The van der Waals surface area contributed by atoms with E-state index in [0.717, 1.165) is 4.90 Å². The van der Waals surface area contributed by atoms with Crippen molar-refractivity contribution in [3.63, 3.8) is 0 Å². The number of rotatable bonds is 6. The average molecular weight is 393 g/mol. The van der Waals surface area contributed by atoms with Gasteiger partial charge in [0.25, 0.3) is 11.8 Å². The third kappa shape index (κ3) is 4.34. The van der Waals surface area contributed by atoms with E-state index < -0.39 is 0 Å². The molecule has 0 saturated carbocycles. The van der Waals surface area contributed by atoms with Crippen LogP contribution in [0.25, 0.3) is 0 Å². The van der Waals surface area contributed by atoms with Crippen LogP contribution < -0.4 is 10.2 Å². The van der Waals surface area contributed by atoms with Crippen LogP contribution in [0.5, 0.6) is 0 Å². The fourth-order valence-corrected chi connectivity index (χ4v) is 3.22. The first-order valence-electron chi connectivity index (χ1n) is 9.61. The summed E-state index contributed by atoms with van der Waals surface area (Å²) in [6, 6.07) is 13.1. The molecule has 2 aromatic carbocycles. The largest absolute Gasteiger partial charge is 0.339 e. The van der Waals surface area contributed by atoms with Crippen molar-refractivity contribution in [3.8, 4) is 0 Å². The molecule has 3 rings (SSSR count). The molecule has 0 atom stereocenters. The molecular weight excluding hydrogens is 370 g/mol. The van der Waals surface area contributed by atoms with Crippen LogP contribution >= 0.6 is 0 Å². The number of anilines is 2. The number of hydrogen-bond donors (Lipinski definition) is 1. The van der Waals surface area contributed by atoms with Gasteiger partial charge in [-0.15, -0.1) is 0 Å². The van der Waals surface area contributed by atoms with Crippen molar-refractivity contribution in [2.24, 2.45) is 0 Å². The van der Waals surface area contributed by atoms with Gasteiger partial charge in [0, 0.05) is 42.7 Å². The smallest absolute Gasteiger partial charge is 0.255 e. The lowest BCUT2D eigenvalue weighted by Gasteiger charge is -2.18. The molecule has 0 spiro atoms. The molecule has 0 bridgehead atoms. The molecule has 7 heteroatoms. The van der Waals surface area contributed by atoms with Crippen LogP contribution in [-0.4, -0.2) is 41.6 Å². The van der Waals surface area contributed by atoms with Gasteiger partial charge in [-0.05, 0) is 62.4 Å². The highest BCUT2D eigenvalue weighted by Gasteiger charge is 2.30. The molecular formula is C22H23N3O4. The van der Waals surface area contributed by atoms with Crippen LogP contribution in [0, 0.1) is 0 Å². The van der Waals surface area contributed by atoms with Crippen LogP contribution in [0.15, 0.2) is 48.5 Å². The zero-order chi connectivity index (χ0) is 21.0. The Bertz CT molecular complexity index is 916. The number of benzene rings is 2. The molecule has 2 aromatic rings. The third-order valence-electron chi connectivity index (χ3n) is 4.88. The molecule has 1 N–H and O–H groups in total. The molecule has 4 amide bonds. The van der Waals surface area contributed by atoms with Crippen molar-refractivity contribution in [2.75, 3.05) is 23.3 Å². The van der Waals surface area contributed by atoms with Crippen molar-refractivity contribution < 1.29 is 19.2 Å². The predicted molar refractivity (Wildman–Crippen MR) is 110 cm³/mol. The van der Waals surface area contributed by atoms with Crippen molar-refractivity contribution in [1.29, 1.82) is 0 Å². The van der Waals surface area contributed by atoms with E-state index in [9.17, 15) is 19.2 Å². The predicted octanol–water partition coefficient (Wildman–Crippen LogP) is 3.07. The Labute approximate surface area is 169 Å². The Morgan fingerprint density at radius 1 is 0.862 bits per heavy atom. The lowest BCUT2D eigenvalue weighted by Crippen LogP contribution is -2.30. The van der Waals surface area contributed by atoms with Crippen LogP contribution in [0.4, 0.5) is 11.4 Å². The molecule has 1 saturated heterocycles. The van der Waals surface area contributed by atoms with Gasteiger partial charge in [0.05, 0.1) is 5.69 Å². The summed E-state index contributed by atoms with van der Waals surface area (Å²) in [6.45, 7) is 5.13. The fraction of sp³-hybridized carbons (Fsp3) is 0.273. The molecule has 0 aliphatic carbocycles. The quantitative estimate of drug-likeness (QED) is 0.764. The monoisotopic (exact) mass is 393 g/mol. The molecule has 1 aliphatic rings. The maximum Gasteiger partial charge on any atom is 0.255 e. The molecule has 150 valence electrons. The number of amides is 4. The SMILES string of the molecule is CCN(CC)C(=O)c1ccc(NC(=O)c2ccc(N3C(=O)CCC3=O)cc2)cc1. The van der Waals surface area contributed by atoms with Crippen LogP contribution in [-0.2, 0) is 9.59 Å². The van der Waals surface area contributed by atoms with Gasteiger partial charge in [0.1, 0.15) is 0 Å². The number of nitrogens with one attached hydrogen (secondary N) is 1. The number of carbonyl (C=O) groups is 4. The van der Waals surface area contributed by atoms with E-state index in [1.54, 1.807) is 53.4 Å². The highest BCUT2D eigenvalue weighted by atomic mass is 16.2. The second-order valence-corrected chi connectivity index (χ2v) is 6.68. The lowest BCUT2D eigenvalue weighted by atomic mass is 10.1. The minimum atomic E-state index is -0.321. The van der Waals surface area contributed by atoms with Gasteiger partial charge in [0.15, 0.2) is 0 Å². The standard InChI is InChI=1S/C22H23N3O4/c1-3-24(4-2)22(29)16-5-9-17(10-6-16)23-21(28)15-7-11-18(12-8-15)25-19(26)13-14-20(25)27/h5-12H,3-4,13-14H2,1-2H3,(H,23,28). The van der Waals surface area contributed by atoms with Crippen LogP contribution in [0.1, 0.15) is 47.4 Å². The number of carbonyl (C=O) groups excluding carboxylic acids is 4. The van der Waals surface area contributed by atoms with E-state index in [0.29, 0.717) is 35.6 Å². The summed E-state index contributed by atoms with van der Waals surface area (Å²) in [4.78, 5) is 51.3. The van der Waals surface area contributed by atoms with Gasteiger partial charge >= 0.3 is 0 Å². The molecule has 1 aliphatic heterocycles. The number of nitrogens with zero attached hydrogens (tertiary/aromatic N) is 2. The zero-order valence-corrected chi connectivity index (χ0v) is 16.5. The molecule has 1 fully saturated rings. The van der Waals surface area contributed by atoms with Crippen LogP contribution in [0.3, 0.4) is 0 Å². The van der Waals surface area contributed by atoms with Gasteiger partial charge in [0.2, 0.25) is 11.8 Å². The minimum Gasteiger partial charge on any atom is -0.339 e. The molecule has 0 aromatic heterocycles. The van der Waals surface area contributed by atoms with E-state index >= 15 is 0 Å². The Balaban J connectivity index is 1.66. The summed E-state index contributed by atoms with van der Waals surface area (Å²) in [5, 5.41) is 2.78. The molecule has 29 heavy (non-hydrogen) atoms. The van der Waals surface area contributed by atoms with Crippen molar-refractivity contribution in [1.82, 2.24) is 4.90 Å². The molecule has 7 nitrogen and oxygen atoms in total. The maximum atomic E-state index is 12.5. The first kappa shape index (κ1) is 20.3. The van der Waals surface area contributed by atoms with Gasteiger partial charge < -0.3 is 10.2 Å². The topological polar surface area (TPSA) is 86.8 Å². The van der Waals surface area contributed by atoms with E-state index in [-0.39, 0.29) is 36.5 Å². The summed E-state index contributed by atoms with van der Waals surface area (Å²) < 4.78 is 0. The lowest BCUT2D eigenvalue weighted by molar-refractivity contribution is -0.121. The highest BCUT2D eigenvalue weighted by Crippen LogP contribution is 2.23. The molecule has 0 unspecified atom stereocenters. The zero-order valence-electron chi connectivity index (χ0n) is 16.5. The Morgan fingerprint density at radius 2 is 1.38 bits per heavy atom. The second-order valence-electron chi connectivity index (χ2n) is 6.68. The van der Waals surface area contributed by atoms with Crippen LogP contribution in [0.2, 0.25) is 0 Å². The summed E-state index contributed by atoms with van der Waals surface area (Å²) in [6.07, 6.45) is 0.432. The Hall–Kier alpha value is -3.48. The van der Waals surface area contributed by atoms with Gasteiger partial charge in [-0.2, -0.15) is 0 Å². The Kier molecular flexibility index (Phi) is 6.07. The first-order chi connectivity index (χ1) is 13.9. The average Bonchev–Trinajstić information content (AvgIpc) is 3.07. The Morgan fingerprint density at radius 3 is 1.90 bits per heavy atom. The highest BCUT2D eigenvalue weighted by molar-refractivity contribution is 6.20. The van der Waals surface area contributed by atoms with Crippen molar-refractivity contribution in [2.45, 2.75) is 26.7 Å². The van der Waals surface area contributed by atoms with Gasteiger partial charge in [-0.25, -0.2) is 0 Å². The normalized spacial score (nSPS) is 13.5. The summed E-state index contributed by atoms with van der Waals surface area (Å²) >= 11 is 0. The van der Waals surface area contributed by atoms with E-state index in [1.165, 1.54) is 0 Å². The van der Waals surface area contributed by atoms with Gasteiger partial charge in [-0.3, -0.25) is 24.1 Å². The second kappa shape index (κ2) is 8.68. The fourth-order valence-electron chi connectivity index (χ4n) is 3.22. The summed E-state index contributed by atoms with van der Waals surface area (Å²) in [5.41, 5.74) is 2.00. The molecule has 1 heterocycles. The van der Waals surface area contributed by atoms with Crippen molar-refractivity contribution in [3.05, 3.63) is 59.7 Å². The summed E-state index contributed by atoms with van der Waals surface area (Å²) in [5.74, 6) is -0.828. The first-order valence-corrected chi connectivity index (χ1v) is 9.61. The third-order valence-corrected chi connectivity index (χ3v) is 4.88.